The number of pyridine rings is 1. The second-order valence-corrected chi connectivity index (χ2v) is 5.98. The topological polar surface area (TPSA) is 71.1 Å². The van der Waals surface area contributed by atoms with Gasteiger partial charge in [0.1, 0.15) is 5.69 Å². The van der Waals surface area contributed by atoms with Gasteiger partial charge in [0.15, 0.2) is 0 Å². The molecule has 0 aliphatic rings. The van der Waals surface area contributed by atoms with E-state index >= 15 is 0 Å². The number of benzene rings is 1. The lowest BCUT2D eigenvalue weighted by Gasteiger charge is -2.09. The molecule has 0 unspecified atom stereocenters. The van der Waals surface area contributed by atoms with E-state index in [9.17, 15) is 9.59 Å². The molecule has 0 radical (unpaired) electrons. The van der Waals surface area contributed by atoms with Gasteiger partial charge >= 0.3 is 0 Å². The molecule has 0 atom stereocenters. The van der Waals surface area contributed by atoms with Gasteiger partial charge in [-0.3, -0.25) is 14.6 Å². The number of aryl methyl sites for hydroxylation is 1. The van der Waals surface area contributed by atoms with E-state index in [0.29, 0.717) is 17.8 Å². The quantitative estimate of drug-likeness (QED) is 0.839. The highest BCUT2D eigenvalue weighted by Gasteiger charge is 2.13. The number of hydrogen-bond donors (Lipinski definition) is 2. The van der Waals surface area contributed by atoms with Crippen molar-refractivity contribution in [1.82, 2.24) is 10.3 Å². The number of carbonyl (C=O) groups is 2. The molecule has 1 aromatic carbocycles. The van der Waals surface area contributed by atoms with Gasteiger partial charge in [-0.05, 0) is 59.1 Å². The van der Waals surface area contributed by atoms with Crippen molar-refractivity contribution >= 4 is 33.4 Å². The van der Waals surface area contributed by atoms with Crippen LogP contribution in [0.5, 0.6) is 0 Å². The van der Waals surface area contributed by atoms with E-state index in [1.165, 1.54) is 12.3 Å². The fourth-order valence-electron chi connectivity index (χ4n) is 1.94. The molecular weight excluding hydrogens is 358 g/mol. The summed E-state index contributed by atoms with van der Waals surface area (Å²) in [7, 11) is 0. The molecule has 2 rings (SSSR count). The SMILES string of the molecule is CCCNC(=O)c1ccnc(C(=O)Nc2ccc(C)cc2Br)c1. The monoisotopic (exact) mass is 375 g/mol. The van der Waals surface area contributed by atoms with E-state index in [1.54, 1.807) is 6.07 Å². The van der Waals surface area contributed by atoms with E-state index in [-0.39, 0.29) is 17.5 Å². The van der Waals surface area contributed by atoms with Crippen LogP contribution in [0.1, 0.15) is 39.8 Å². The third-order valence-corrected chi connectivity index (χ3v) is 3.82. The van der Waals surface area contributed by atoms with Crippen molar-refractivity contribution in [2.24, 2.45) is 0 Å². The number of amides is 2. The lowest BCUT2D eigenvalue weighted by atomic mass is 10.2. The molecule has 0 saturated heterocycles. The third-order valence-electron chi connectivity index (χ3n) is 3.16. The molecule has 2 aromatic rings. The predicted molar refractivity (Wildman–Crippen MR) is 93.7 cm³/mol. The Kier molecular flexibility index (Phi) is 5.87. The highest BCUT2D eigenvalue weighted by atomic mass is 79.9. The molecule has 120 valence electrons. The van der Waals surface area contributed by atoms with Crippen molar-refractivity contribution in [1.29, 1.82) is 0 Å². The second kappa shape index (κ2) is 7.87. The summed E-state index contributed by atoms with van der Waals surface area (Å²) in [6.07, 6.45) is 2.31. The number of nitrogens with zero attached hydrogens (tertiary/aromatic N) is 1. The standard InChI is InChI=1S/C17H18BrN3O2/c1-3-7-20-16(22)12-6-8-19-15(10-12)17(23)21-14-5-4-11(2)9-13(14)18/h4-6,8-10H,3,7H2,1-2H3,(H,20,22)(H,21,23). The first-order valence-electron chi connectivity index (χ1n) is 7.33. The number of halogens is 1. The summed E-state index contributed by atoms with van der Waals surface area (Å²) in [5.74, 6) is -0.570. The average molecular weight is 376 g/mol. The predicted octanol–water partition coefficient (Wildman–Crippen LogP) is 3.54. The summed E-state index contributed by atoms with van der Waals surface area (Å²) in [6.45, 7) is 4.54. The Bertz CT molecular complexity index is 732. The van der Waals surface area contributed by atoms with Crippen LogP contribution in [0.2, 0.25) is 0 Å². The summed E-state index contributed by atoms with van der Waals surface area (Å²) in [5, 5.41) is 5.56. The van der Waals surface area contributed by atoms with Crippen LogP contribution in [0.15, 0.2) is 41.0 Å². The molecule has 23 heavy (non-hydrogen) atoms. The smallest absolute Gasteiger partial charge is 0.274 e. The molecule has 6 heteroatoms. The van der Waals surface area contributed by atoms with E-state index in [0.717, 1.165) is 16.5 Å². The van der Waals surface area contributed by atoms with Crippen LogP contribution in [0.25, 0.3) is 0 Å². The summed E-state index contributed by atoms with van der Waals surface area (Å²) in [6, 6.07) is 8.71. The first-order chi connectivity index (χ1) is 11.0. The fraction of sp³-hybridized carbons (Fsp3) is 0.235. The maximum absolute atomic E-state index is 12.3. The van der Waals surface area contributed by atoms with E-state index < -0.39 is 0 Å². The first-order valence-corrected chi connectivity index (χ1v) is 8.12. The Morgan fingerprint density at radius 2 is 1.96 bits per heavy atom. The van der Waals surface area contributed by atoms with Gasteiger partial charge in [-0.2, -0.15) is 0 Å². The molecule has 0 bridgehead atoms. The van der Waals surface area contributed by atoms with Gasteiger partial charge < -0.3 is 10.6 Å². The molecule has 1 aromatic heterocycles. The molecule has 1 heterocycles. The Balaban J connectivity index is 2.15. The van der Waals surface area contributed by atoms with Crippen molar-refractivity contribution in [3.05, 3.63) is 57.8 Å². The van der Waals surface area contributed by atoms with Crippen molar-refractivity contribution in [3.63, 3.8) is 0 Å². The molecule has 0 aliphatic heterocycles. The summed E-state index contributed by atoms with van der Waals surface area (Å²) in [4.78, 5) is 28.3. The van der Waals surface area contributed by atoms with Crippen LogP contribution < -0.4 is 10.6 Å². The zero-order valence-electron chi connectivity index (χ0n) is 13.0. The minimum atomic E-state index is -0.361. The highest BCUT2D eigenvalue weighted by Crippen LogP contribution is 2.23. The number of aromatic nitrogens is 1. The maximum Gasteiger partial charge on any atom is 0.274 e. The molecule has 0 fully saturated rings. The van der Waals surface area contributed by atoms with E-state index in [1.807, 2.05) is 32.0 Å². The zero-order chi connectivity index (χ0) is 16.8. The van der Waals surface area contributed by atoms with Crippen LogP contribution in [0.4, 0.5) is 5.69 Å². The van der Waals surface area contributed by atoms with Crippen LogP contribution >= 0.6 is 15.9 Å². The molecular formula is C17H18BrN3O2. The zero-order valence-corrected chi connectivity index (χ0v) is 14.6. The largest absolute Gasteiger partial charge is 0.352 e. The molecule has 2 N–H and O–H groups in total. The molecule has 0 spiro atoms. The van der Waals surface area contributed by atoms with Crippen molar-refractivity contribution in [2.75, 3.05) is 11.9 Å². The van der Waals surface area contributed by atoms with E-state index in [4.69, 9.17) is 0 Å². The van der Waals surface area contributed by atoms with Gasteiger partial charge in [-0.25, -0.2) is 0 Å². The molecule has 0 aliphatic carbocycles. The minimum Gasteiger partial charge on any atom is -0.352 e. The highest BCUT2D eigenvalue weighted by molar-refractivity contribution is 9.10. The fourth-order valence-corrected chi connectivity index (χ4v) is 2.54. The first kappa shape index (κ1) is 17.1. The molecule has 2 amide bonds. The number of nitrogens with one attached hydrogen (secondary N) is 2. The van der Waals surface area contributed by atoms with Gasteiger partial charge in [0, 0.05) is 22.8 Å². The van der Waals surface area contributed by atoms with Gasteiger partial charge in [0.05, 0.1) is 5.69 Å². The molecule has 5 nitrogen and oxygen atoms in total. The summed E-state index contributed by atoms with van der Waals surface area (Å²) >= 11 is 3.42. The maximum atomic E-state index is 12.3. The van der Waals surface area contributed by atoms with Crippen molar-refractivity contribution in [2.45, 2.75) is 20.3 Å². The van der Waals surface area contributed by atoms with Crippen LogP contribution in [0, 0.1) is 6.92 Å². The van der Waals surface area contributed by atoms with Crippen LogP contribution in [-0.4, -0.2) is 23.3 Å². The third kappa shape index (κ3) is 4.63. The normalized spacial score (nSPS) is 10.2. The van der Waals surface area contributed by atoms with Gasteiger partial charge in [0.2, 0.25) is 0 Å². The van der Waals surface area contributed by atoms with Gasteiger partial charge in [-0.1, -0.05) is 13.0 Å². The Morgan fingerprint density at radius 3 is 2.65 bits per heavy atom. The van der Waals surface area contributed by atoms with Gasteiger partial charge in [0.25, 0.3) is 11.8 Å². The Labute approximate surface area is 143 Å². The van der Waals surface area contributed by atoms with E-state index in [2.05, 4.69) is 31.5 Å². The van der Waals surface area contributed by atoms with Crippen LogP contribution in [-0.2, 0) is 0 Å². The Hall–Kier alpha value is -2.21. The van der Waals surface area contributed by atoms with Gasteiger partial charge in [-0.15, -0.1) is 0 Å². The second-order valence-electron chi connectivity index (χ2n) is 5.12. The lowest BCUT2D eigenvalue weighted by molar-refractivity contribution is 0.0953. The number of carbonyl (C=O) groups excluding carboxylic acids is 2. The average Bonchev–Trinajstić information content (AvgIpc) is 2.55. The summed E-state index contributed by atoms with van der Waals surface area (Å²) < 4.78 is 0.794. The minimum absolute atomic E-state index is 0.196. The van der Waals surface area contributed by atoms with Crippen LogP contribution in [0.3, 0.4) is 0 Å². The van der Waals surface area contributed by atoms with Crippen molar-refractivity contribution in [3.8, 4) is 0 Å². The number of hydrogen-bond acceptors (Lipinski definition) is 3. The number of rotatable bonds is 5. The lowest BCUT2D eigenvalue weighted by Crippen LogP contribution is -2.24. The summed E-state index contributed by atoms with van der Waals surface area (Å²) in [5.41, 5.74) is 2.36. The Morgan fingerprint density at radius 1 is 1.17 bits per heavy atom. The molecule has 0 saturated carbocycles. The number of anilines is 1. The van der Waals surface area contributed by atoms with Crippen molar-refractivity contribution < 1.29 is 9.59 Å².